The predicted octanol–water partition coefficient (Wildman–Crippen LogP) is 3.19. The second-order valence-electron chi connectivity index (χ2n) is 6.27. The van der Waals surface area contributed by atoms with Crippen LogP contribution < -0.4 is 5.32 Å². The van der Waals surface area contributed by atoms with Crippen molar-refractivity contribution in [1.82, 2.24) is 5.32 Å². The van der Waals surface area contributed by atoms with E-state index in [9.17, 15) is 14.7 Å². The number of aliphatic carboxylic acids is 1. The predicted molar refractivity (Wildman–Crippen MR) is 82.3 cm³/mol. The molecule has 2 N–H and O–H groups in total. The van der Waals surface area contributed by atoms with Crippen molar-refractivity contribution >= 4 is 12.1 Å². The van der Waals surface area contributed by atoms with Gasteiger partial charge in [0.2, 0.25) is 0 Å². The highest BCUT2D eigenvalue weighted by Gasteiger charge is 2.45. The Kier molecular flexibility index (Phi) is 5.06. The minimum absolute atomic E-state index is 0.133. The molecule has 5 heteroatoms. The number of hydrogen-bond donors (Lipinski definition) is 2. The molecule has 0 aromatic heterocycles. The average Bonchev–Trinajstić information content (AvgIpc) is 2.50. The third-order valence-electron chi connectivity index (χ3n) is 4.63. The van der Waals surface area contributed by atoms with Crippen LogP contribution in [0.3, 0.4) is 0 Å². The zero-order chi connectivity index (χ0) is 16.2. The highest BCUT2D eigenvalue weighted by atomic mass is 16.5. The number of ether oxygens (including phenoxy) is 1. The molecular formula is C17H23NO4. The molecule has 1 fully saturated rings. The lowest BCUT2D eigenvalue weighted by atomic mass is 9.71. The van der Waals surface area contributed by atoms with Crippen molar-refractivity contribution in [2.75, 3.05) is 0 Å². The first kappa shape index (κ1) is 16.3. The zero-order valence-corrected chi connectivity index (χ0v) is 13.0. The topological polar surface area (TPSA) is 75.6 Å². The number of amides is 1. The lowest BCUT2D eigenvalue weighted by molar-refractivity contribution is -0.147. The summed E-state index contributed by atoms with van der Waals surface area (Å²) in [5.74, 6) is -0.267. The quantitative estimate of drug-likeness (QED) is 0.895. The number of benzene rings is 1. The lowest BCUT2D eigenvalue weighted by Gasteiger charge is -2.39. The molecule has 0 aliphatic heterocycles. The molecule has 5 nitrogen and oxygen atoms in total. The van der Waals surface area contributed by atoms with Crippen LogP contribution in [0.1, 0.15) is 38.7 Å². The summed E-state index contributed by atoms with van der Waals surface area (Å²) in [6, 6.07) is 9.31. The van der Waals surface area contributed by atoms with Crippen molar-refractivity contribution in [2.45, 2.75) is 45.3 Å². The van der Waals surface area contributed by atoms with Gasteiger partial charge in [-0.15, -0.1) is 0 Å². The van der Waals surface area contributed by atoms with Gasteiger partial charge in [0.05, 0.1) is 0 Å². The van der Waals surface area contributed by atoms with Crippen LogP contribution in [-0.4, -0.2) is 22.7 Å². The van der Waals surface area contributed by atoms with Crippen LogP contribution in [0.15, 0.2) is 30.3 Å². The number of rotatable bonds is 4. The number of carbonyl (C=O) groups is 2. The standard InChI is InChI=1S/C17H23NO4/c1-12-8-9-17(15(19)20,10-13(12)2)18-16(21)22-11-14-6-4-3-5-7-14/h3-7,12-13H,8-11H2,1-2H3,(H,18,21)(H,19,20)/t12-,13+,17-/m1/s1. The maximum Gasteiger partial charge on any atom is 0.408 e. The van der Waals surface area contributed by atoms with Crippen LogP contribution in [-0.2, 0) is 16.1 Å². The van der Waals surface area contributed by atoms with Gasteiger partial charge < -0.3 is 15.2 Å². The minimum atomic E-state index is -1.21. The Balaban J connectivity index is 1.96. The van der Waals surface area contributed by atoms with E-state index in [-0.39, 0.29) is 12.5 Å². The third kappa shape index (κ3) is 3.78. The molecule has 120 valence electrons. The molecule has 2 rings (SSSR count). The fourth-order valence-electron chi connectivity index (χ4n) is 2.93. The van der Waals surface area contributed by atoms with Crippen molar-refractivity contribution in [3.8, 4) is 0 Å². The van der Waals surface area contributed by atoms with Crippen molar-refractivity contribution in [3.05, 3.63) is 35.9 Å². The van der Waals surface area contributed by atoms with E-state index >= 15 is 0 Å². The van der Waals surface area contributed by atoms with E-state index in [1.165, 1.54) is 0 Å². The number of carboxylic acid groups (broad SMARTS) is 1. The Morgan fingerprint density at radius 2 is 1.95 bits per heavy atom. The van der Waals surface area contributed by atoms with Gasteiger partial charge in [-0.1, -0.05) is 44.2 Å². The molecule has 22 heavy (non-hydrogen) atoms. The second-order valence-corrected chi connectivity index (χ2v) is 6.27. The van der Waals surface area contributed by atoms with Crippen LogP contribution in [0.5, 0.6) is 0 Å². The summed E-state index contributed by atoms with van der Waals surface area (Å²) in [6.07, 6.45) is 0.984. The zero-order valence-electron chi connectivity index (χ0n) is 13.0. The molecule has 1 aromatic carbocycles. The molecule has 0 bridgehead atoms. The van der Waals surface area contributed by atoms with Gasteiger partial charge in [0.15, 0.2) is 0 Å². The molecule has 0 spiro atoms. The van der Waals surface area contributed by atoms with Crippen molar-refractivity contribution < 1.29 is 19.4 Å². The average molecular weight is 305 g/mol. The summed E-state index contributed by atoms with van der Waals surface area (Å²) in [7, 11) is 0. The van der Waals surface area contributed by atoms with Gasteiger partial charge in [-0.25, -0.2) is 9.59 Å². The summed E-state index contributed by atoms with van der Waals surface area (Å²) in [5.41, 5.74) is -0.340. The molecule has 0 saturated heterocycles. The fraction of sp³-hybridized carbons (Fsp3) is 0.529. The minimum Gasteiger partial charge on any atom is -0.480 e. The highest BCUT2D eigenvalue weighted by Crippen LogP contribution is 2.36. The Bertz CT molecular complexity index is 531. The molecule has 1 aliphatic rings. The van der Waals surface area contributed by atoms with Gasteiger partial charge in [-0.3, -0.25) is 0 Å². The first-order valence-corrected chi connectivity index (χ1v) is 7.65. The van der Waals surface area contributed by atoms with E-state index in [1.807, 2.05) is 37.3 Å². The molecule has 3 atom stereocenters. The molecule has 0 heterocycles. The Hall–Kier alpha value is -2.04. The van der Waals surface area contributed by atoms with Crippen LogP contribution in [0.4, 0.5) is 4.79 Å². The first-order valence-electron chi connectivity index (χ1n) is 7.65. The summed E-state index contributed by atoms with van der Waals surface area (Å²) in [5, 5.41) is 12.1. The van der Waals surface area contributed by atoms with E-state index in [4.69, 9.17) is 4.74 Å². The SMILES string of the molecule is C[C@@H]1CC[C@](NC(=O)OCc2ccccc2)(C(=O)O)C[C@@H]1C. The molecule has 1 aromatic rings. The molecule has 1 aliphatic carbocycles. The van der Waals surface area contributed by atoms with Crippen molar-refractivity contribution in [1.29, 1.82) is 0 Å². The Morgan fingerprint density at radius 1 is 1.27 bits per heavy atom. The summed E-state index contributed by atoms with van der Waals surface area (Å²) >= 11 is 0. The van der Waals surface area contributed by atoms with E-state index in [1.54, 1.807) is 0 Å². The van der Waals surface area contributed by atoms with Crippen LogP contribution in [0, 0.1) is 11.8 Å². The number of alkyl carbamates (subject to hydrolysis) is 1. The van der Waals surface area contributed by atoms with E-state index in [0.29, 0.717) is 18.8 Å². The Morgan fingerprint density at radius 3 is 2.55 bits per heavy atom. The van der Waals surface area contributed by atoms with E-state index in [0.717, 1.165) is 12.0 Å². The summed E-state index contributed by atoms with van der Waals surface area (Å²) in [6.45, 7) is 4.27. The first-order chi connectivity index (χ1) is 10.4. The normalized spacial score (nSPS) is 27.9. The largest absolute Gasteiger partial charge is 0.480 e. The molecule has 0 radical (unpaired) electrons. The number of hydrogen-bond acceptors (Lipinski definition) is 3. The number of carboxylic acids is 1. The van der Waals surface area contributed by atoms with Gasteiger partial charge in [0.1, 0.15) is 12.1 Å². The fourth-order valence-corrected chi connectivity index (χ4v) is 2.93. The van der Waals surface area contributed by atoms with Gasteiger partial charge in [0.25, 0.3) is 0 Å². The Labute approximate surface area is 130 Å². The van der Waals surface area contributed by atoms with Crippen molar-refractivity contribution in [3.63, 3.8) is 0 Å². The maximum atomic E-state index is 12.0. The molecule has 0 unspecified atom stereocenters. The number of nitrogens with one attached hydrogen (secondary N) is 1. The lowest BCUT2D eigenvalue weighted by Crippen LogP contribution is -2.57. The van der Waals surface area contributed by atoms with Gasteiger partial charge in [-0.05, 0) is 36.7 Å². The van der Waals surface area contributed by atoms with E-state index < -0.39 is 17.6 Å². The van der Waals surface area contributed by atoms with E-state index in [2.05, 4.69) is 12.2 Å². The monoisotopic (exact) mass is 305 g/mol. The van der Waals surface area contributed by atoms with Gasteiger partial charge in [-0.2, -0.15) is 0 Å². The summed E-state index contributed by atoms with van der Waals surface area (Å²) in [4.78, 5) is 23.7. The second kappa shape index (κ2) is 6.81. The molecule has 1 amide bonds. The van der Waals surface area contributed by atoms with Crippen LogP contribution in [0.25, 0.3) is 0 Å². The smallest absolute Gasteiger partial charge is 0.408 e. The van der Waals surface area contributed by atoms with Gasteiger partial charge in [0, 0.05) is 0 Å². The van der Waals surface area contributed by atoms with Crippen LogP contribution >= 0.6 is 0 Å². The van der Waals surface area contributed by atoms with Gasteiger partial charge >= 0.3 is 12.1 Å². The van der Waals surface area contributed by atoms with Crippen molar-refractivity contribution in [2.24, 2.45) is 11.8 Å². The molecule has 1 saturated carbocycles. The third-order valence-corrected chi connectivity index (χ3v) is 4.63. The highest BCUT2D eigenvalue weighted by molar-refractivity contribution is 5.84. The number of carbonyl (C=O) groups excluding carboxylic acids is 1. The van der Waals surface area contributed by atoms with Crippen LogP contribution in [0.2, 0.25) is 0 Å². The maximum absolute atomic E-state index is 12.0. The summed E-state index contributed by atoms with van der Waals surface area (Å²) < 4.78 is 5.15. The molecular weight excluding hydrogens is 282 g/mol.